The average Bonchev–Trinajstić information content (AvgIpc) is 3.10. The smallest absolute Gasteiger partial charge is 0.196 e. The number of halogens is 1. The largest absolute Gasteiger partial charge is 0.493 e. The standard InChI is InChI=1S/C22H28N6O2.HI/c1-6-23-22(26-18-8-9-19(29-4)20(12-18)30-5)25-14-17-7-10-21(24-13-17)28-16(3)11-15(2)27-28;/h7-13H,6,14H2,1-5H3,(H2,23,25,26);1H. The van der Waals surface area contributed by atoms with Gasteiger partial charge in [0.25, 0.3) is 0 Å². The normalized spacial score (nSPS) is 10.9. The molecule has 8 nitrogen and oxygen atoms in total. The second kappa shape index (κ2) is 11.5. The molecule has 0 fully saturated rings. The van der Waals surface area contributed by atoms with Crippen LogP contribution in [0.5, 0.6) is 11.5 Å². The molecule has 2 heterocycles. The number of hydrogen-bond acceptors (Lipinski definition) is 5. The number of methoxy groups -OCH3 is 2. The van der Waals surface area contributed by atoms with Gasteiger partial charge in [0.2, 0.25) is 0 Å². The van der Waals surface area contributed by atoms with E-state index in [1.54, 1.807) is 14.2 Å². The van der Waals surface area contributed by atoms with Gasteiger partial charge in [-0.3, -0.25) is 0 Å². The molecule has 0 aliphatic rings. The zero-order valence-electron chi connectivity index (χ0n) is 18.5. The first-order valence-electron chi connectivity index (χ1n) is 9.80. The zero-order valence-corrected chi connectivity index (χ0v) is 20.8. The highest BCUT2D eigenvalue weighted by Crippen LogP contribution is 2.29. The number of aliphatic imine (C=N–C) groups is 1. The first-order valence-corrected chi connectivity index (χ1v) is 9.80. The number of hydrogen-bond donors (Lipinski definition) is 2. The van der Waals surface area contributed by atoms with Gasteiger partial charge in [0.15, 0.2) is 23.3 Å². The van der Waals surface area contributed by atoms with Gasteiger partial charge < -0.3 is 20.1 Å². The quantitative estimate of drug-likeness (QED) is 0.269. The Balaban J connectivity index is 0.00000341. The SMILES string of the molecule is CCNC(=NCc1ccc(-n2nc(C)cc2C)nc1)Nc1ccc(OC)c(OC)c1.I. The van der Waals surface area contributed by atoms with Gasteiger partial charge in [0.1, 0.15) is 0 Å². The van der Waals surface area contributed by atoms with Crippen molar-refractivity contribution < 1.29 is 9.47 Å². The van der Waals surface area contributed by atoms with E-state index in [0.717, 1.165) is 35.0 Å². The van der Waals surface area contributed by atoms with Gasteiger partial charge in [-0.25, -0.2) is 14.7 Å². The summed E-state index contributed by atoms with van der Waals surface area (Å²) in [5.41, 5.74) is 3.88. The predicted molar refractivity (Wildman–Crippen MR) is 134 cm³/mol. The molecule has 0 bridgehead atoms. The van der Waals surface area contributed by atoms with Crippen LogP contribution in [0.1, 0.15) is 23.9 Å². The van der Waals surface area contributed by atoms with E-state index >= 15 is 0 Å². The average molecular weight is 536 g/mol. The van der Waals surface area contributed by atoms with Crippen LogP contribution >= 0.6 is 24.0 Å². The van der Waals surface area contributed by atoms with E-state index in [4.69, 9.17) is 9.47 Å². The molecule has 0 unspecified atom stereocenters. The Bertz CT molecular complexity index is 1020. The summed E-state index contributed by atoms with van der Waals surface area (Å²) in [6.45, 7) is 7.25. The van der Waals surface area contributed by atoms with Crippen molar-refractivity contribution in [3.63, 3.8) is 0 Å². The van der Waals surface area contributed by atoms with Gasteiger partial charge in [-0.05, 0) is 50.6 Å². The molecule has 0 saturated carbocycles. The van der Waals surface area contributed by atoms with Crippen molar-refractivity contribution >= 4 is 35.6 Å². The van der Waals surface area contributed by atoms with Crippen LogP contribution in [-0.2, 0) is 6.54 Å². The second-order valence-electron chi connectivity index (χ2n) is 6.75. The molecule has 1 aromatic carbocycles. The highest BCUT2D eigenvalue weighted by Gasteiger charge is 2.07. The number of nitrogens with one attached hydrogen (secondary N) is 2. The first kappa shape index (κ1) is 24.4. The van der Waals surface area contributed by atoms with Crippen LogP contribution in [0.25, 0.3) is 5.82 Å². The lowest BCUT2D eigenvalue weighted by Crippen LogP contribution is -2.30. The summed E-state index contributed by atoms with van der Waals surface area (Å²) in [6, 6.07) is 11.6. The molecule has 0 atom stereocenters. The number of anilines is 1. The molecule has 31 heavy (non-hydrogen) atoms. The molecule has 0 aliphatic carbocycles. The summed E-state index contributed by atoms with van der Waals surface area (Å²) in [5.74, 6) is 2.80. The highest BCUT2D eigenvalue weighted by atomic mass is 127. The number of aromatic nitrogens is 3. The van der Waals surface area contributed by atoms with Crippen LogP contribution in [0.4, 0.5) is 5.69 Å². The fourth-order valence-electron chi connectivity index (χ4n) is 3.02. The van der Waals surface area contributed by atoms with E-state index in [2.05, 4.69) is 25.7 Å². The minimum absolute atomic E-state index is 0. The van der Waals surface area contributed by atoms with E-state index in [1.807, 2.05) is 68.0 Å². The maximum absolute atomic E-state index is 5.36. The third kappa shape index (κ3) is 6.33. The molecule has 0 saturated heterocycles. The van der Waals surface area contributed by atoms with Crippen molar-refractivity contribution in [2.75, 3.05) is 26.1 Å². The summed E-state index contributed by atoms with van der Waals surface area (Å²) in [6.07, 6.45) is 1.83. The molecular weight excluding hydrogens is 507 g/mol. The zero-order chi connectivity index (χ0) is 21.5. The van der Waals surface area contributed by atoms with Crippen molar-refractivity contribution in [2.24, 2.45) is 4.99 Å². The molecule has 9 heteroatoms. The third-order valence-electron chi connectivity index (χ3n) is 4.45. The fourth-order valence-corrected chi connectivity index (χ4v) is 3.02. The topological polar surface area (TPSA) is 85.6 Å². The Morgan fingerprint density at radius 3 is 2.42 bits per heavy atom. The van der Waals surface area contributed by atoms with Gasteiger partial charge in [-0.2, -0.15) is 5.10 Å². The molecule has 166 valence electrons. The van der Waals surface area contributed by atoms with Crippen molar-refractivity contribution in [3.8, 4) is 17.3 Å². The number of benzene rings is 1. The van der Waals surface area contributed by atoms with Gasteiger partial charge in [-0.1, -0.05) is 6.07 Å². The van der Waals surface area contributed by atoms with Gasteiger partial charge in [0.05, 0.1) is 26.5 Å². The van der Waals surface area contributed by atoms with E-state index in [1.165, 1.54) is 0 Å². The van der Waals surface area contributed by atoms with E-state index in [9.17, 15) is 0 Å². The number of nitrogens with zero attached hydrogens (tertiary/aromatic N) is 4. The lowest BCUT2D eigenvalue weighted by molar-refractivity contribution is 0.355. The first-order chi connectivity index (χ1) is 14.5. The van der Waals surface area contributed by atoms with Crippen molar-refractivity contribution in [3.05, 3.63) is 59.5 Å². The molecule has 0 amide bonds. The molecule has 0 spiro atoms. The minimum Gasteiger partial charge on any atom is -0.493 e. The van der Waals surface area contributed by atoms with Crippen LogP contribution in [-0.4, -0.2) is 41.5 Å². The van der Waals surface area contributed by atoms with E-state index < -0.39 is 0 Å². The second-order valence-corrected chi connectivity index (χ2v) is 6.75. The van der Waals surface area contributed by atoms with E-state index in [0.29, 0.717) is 24.0 Å². The summed E-state index contributed by atoms with van der Waals surface area (Å²) < 4.78 is 12.5. The molecule has 2 aromatic heterocycles. The monoisotopic (exact) mass is 536 g/mol. The molecule has 2 N–H and O–H groups in total. The molecule has 0 radical (unpaired) electrons. The molecular formula is C22H29IN6O2. The summed E-state index contributed by atoms with van der Waals surface area (Å²) in [7, 11) is 3.23. The fraction of sp³-hybridized carbons (Fsp3) is 0.318. The van der Waals surface area contributed by atoms with Crippen LogP contribution in [0.2, 0.25) is 0 Å². The van der Waals surface area contributed by atoms with Crippen LogP contribution < -0.4 is 20.1 Å². The van der Waals surface area contributed by atoms with Gasteiger partial charge in [-0.15, -0.1) is 24.0 Å². The Hall–Kier alpha value is -2.82. The third-order valence-corrected chi connectivity index (χ3v) is 4.45. The molecule has 3 rings (SSSR count). The maximum Gasteiger partial charge on any atom is 0.196 e. The Morgan fingerprint density at radius 2 is 1.84 bits per heavy atom. The Kier molecular flexibility index (Phi) is 9.10. The van der Waals surface area contributed by atoms with Gasteiger partial charge >= 0.3 is 0 Å². The van der Waals surface area contributed by atoms with Gasteiger partial charge in [0, 0.05) is 30.2 Å². The van der Waals surface area contributed by atoms with Crippen molar-refractivity contribution in [1.29, 1.82) is 0 Å². The predicted octanol–water partition coefficient (Wildman–Crippen LogP) is 4.10. The molecule has 3 aromatic rings. The number of pyridine rings is 1. The van der Waals surface area contributed by atoms with Crippen LogP contribution in [0.3, 0.4) is 0 Å². The Labute approximate surface area is 200 Å². The lowest BCUT2D eigenvalue weighted by atomic mass is 10.2. The van der Waals surface area contributed by atoms with Crippen molar-refractivity contribution in [1.82, 2.24) is 20.1 Å². The number of ether oxygens (including phenoxy) is 2. The summed E-state index contributed by atoms with van der Waals surface area (Å²) >= 11 is 0. The van der Waals surface area contributed by atoms with Crippen molar-refractivity contribution in [2.45, 2.75) is 27.3 Å². The lowest BCUT2D eigenvalue weighted by Gasteiger charge is -2.14. The maximum atomic E-state index is 5.36. The number of guanidine groups is 1. The Morgan fingerprint density at radius 1 is 1.06 bits per heavy atom. The van der Waals surface area contributed by atoms with Crippen LogP contribution in [0, 0.1) is 13.8 Å². The van der Waals surface area contributed by atoms with Crippen LogP contribution in [0.15, 0.2) is 47.6 Å². The minimum atomic E-state index is 0. The summed E-state index contributed by atoms with van der Waals surface area (Å²) in [4.78, 5) is 9.19. The number of aryl methyl sites for hydroxylation is 2. The molecule has 0 aliphatic heterocycles. The summed E-state index contributed by atoms with van der Waals surface area (Å²) in [5, 5.41) is 11.0. The number of rotatable bonds is 7. The van der Waals surface area contributed by atoms with E-state index in [-0.39, 0.29) is 24.0 Å². The highest BCUT2D eigenvalue weighted by molar-refractivity contribution is 14.0.